The van der Waals surface area contributed by atoms with Crippen LogP contribution in [0.5, 0.6) is 0 Å². The van der Waals surface area contributed by atoms with Crippen molar-refractivity contribution in [1.82, 2.24) is 9.62 Å². The Bertz CT molecular complexity index is 800. The fraction of sp³-hybridized carbons (Fsp3) is 0.389. The van der Waals surface area contributed by atoms with E-state index in [1.165, 1.54) is 16.4 Å². The highest BCUT2D eigenvalue weighted by Crippen LogP contribution is 2.17. The van der Waals surface area contributed by atoms with Gasteiger partial charge in [0.2, 0.25) is 10.0 Å². The molecule has 1 N–H and O–H groups in total. The van der Waals surface area contributed by atoms with Crippen LogP contribution in [0.15, 0.2) is 52.0 Å². The molecule has 142 valence electrons. The van der Waals surface area contributed by atoms with Gasteiger partial charge in [-0.3, -0.25) is 4.79 Å². The summed E-state index contributed by atoms with van der Waals surface area (Å²) >= 11 is 1.65. The summed E-state index contributed by atoms with van der Waals surface area (Å²) in [5.74, 6) is 2.11. The second kappa shape index (κ2) is 9.80. The first kappa shape index (κ1) is 20.5. The second-order valence-corrected chi connectivity index (χ2v) is 8.55. The second-order valence-electron chi connectivity index (χ2n) is 5.51. The van der Waals surface area contributed by atoms with Gasteiger partial charge in [-0.2, -0.15) is 16.1 Å². The minimum Gasteiger partial charge on any atom is -0.468 e. The summed E-state index contributed by atoms with van der Waals surface area (Å²) in [6.45, 7) is 4.86. The Morgan fingerprint density at radius 3 is 2.62 bits per heavy atom. The number of furan rings is 1. The van der Waals surface area contributed by atoms with Gasteiger partial charge in [-0.25, -0.2) is 8.42 Å². The normalized spacial score (nSPS) is 11.7. The highest BCUT2D eigenvalue weighted by Gasteiger charge is 2.22. The van der Waals surface area contributed by atoms with Gasteiger partial charge in [-0.15, -0.1) is 0 Å². The van der Waals surface area contributed by atoms with Crippen molar-refractivity contribution in [3.8, 4) is 0 Å². The summed E-state index contributed by atoms with van der Waals surface area (Å²) in [6.07, 6.45) is 1.64. The predicted octanol–water partition coefficient (Wildman–Crippen LogP) is 2.97. The molecule has 0 saturated carbocycles. The van der Waals surface area contributed by atoms with Crippen molar-refractivity contribution in [2.45, 2.75) is 24.5 Å². The third-order valence-corrected chi connectivity index (χ3v) is 6.82. The molecule has 0 radical (unpaired) electrons. The lowest BCUT2D eigenvalue weighted by molar-refractivity contribution is 0.0956. The van der Waals surface area contributed by atoms with E-state index in [4.69, 9.17) is 4.42 Å². The van der Waals surface area contributed by atoms with Crippen molar-refractivity contribution in [3.63, 3.8) is 0 Å². The Kier molecular flexibility index (Phi) is 7.74. The largest absolute Gasteiger partial charge is 0.468 e. The van der Waals surface area contributed by atoms with E-state index in [1.54, 1.807) is 44.0 Å². The smallest absolute Gasteiger partial charge is 0.251 e. The number of thioether (sulfide) groups is 1. The summed E-state index contributed by atoms with van der Waals surface area (Å²) in [7, 11) is -3.57. The van der Waals surface area contributed by atoms with Crippen LogP contribution >= 0.6 is 11.8 Å². The van der Waals surface area contributed by atoms with Gasteiger partial charge in [0.25, 0.3) is 5.91 Å². The number of carbonyl (C=O) groups excluding carboxylic acids is 1. The molecule has 8 heteroatoms. The van der Waals surface area contributed by atoms with E-state index in [2.05, 4.69) is 5.32 Å². The molecule has 2 rings (SSSR count). The van der Waals surface area contributed by atoms with Crippen molar-refractivity contribution in [2.75, 3.05) is 25.4 Å². The number of rotatable bonds is 10. The zero-order chi connectivity index (χ0) is 19.0. The topological polar surface area (TPSA) is 79.6 Å². The molecule has 0 spiro atoms. The van der Waals surface area contributed by atoms with Gasteiger partial charge >= 0.3 is 0 Å². The highest BCUT2D eigenvalue weighted by atomic mass is 32.2. The third kappa shape index (κ3) is 5.36. The van der Waals surface area contributed by atoms with Crippen molar-refractivity contribution >= 4 is 27.7 Å². The number of carbonyl (C=O) groups is 1. The number of nitrogens with one attached hydrogen (secondary N) is 1. The molecule has 0 fully saturated rings. The molecule has 0 aliphatic rings. The van der Waals surface area contributed by atoms with E-state index in [9.17, 15) is 13.2 Å². The van der Waals surface area contributed by atoms with E-state index >= 15 is 0 Å². The molecule has 6 nitrogen and oxygen atoms in total. The van der Waals surface area contributed by atoms with Crippen LogP contribution in [0.25, 0.3) is 0 Å². The number of hydrogen-bond donors (Lipinski definition) is 1. The van der Waals surface area contributed by atoms with Crippen LogP contribution in [0.2, 0.25) is 0 Å². The zero-order valence-corrected chi connectivity index (χ0v) is 16.6. The molecule has 0 aliphatic carbocycles. The van der Waals surface area contributed by atoms with Crippen LogP contribution in [0.3, 0.4) is 0 Å². The maximum atomic E-state index is 12.6. The maximum Gasteiger partial charge on any atom is 0.251 e. The number of hydrogen-bond acceptors (Lipinski definition) is 5. The monoisotopic (exact) mass is 396 g/mol. The van der Waals surface area contributed by atoms with E-state index in [0.717, 1.165) is 17.3 Å². The molecular weight excluding hydrogens is 372 g/mol. The minimum absolute atomic E-state index is 0.140. The first-order valence-corrected chi connectivity index (χ1v) is 11.1. The van der Waals surface area contributed by atoms with Gasteiger partial charge in [0, 0.05) is 31.0 Å². The average molecular weight is 397 g/mol. The van der Waals surface area contributed by atoms with Gasteiger partial charge in [-0.1, -0.05) is 19.9 Å². The van der Waals surface area contributed by atoms with Gasteiger partial charge in [0.05, 0.1) is 16.9 Å². The van der Waals surface area contributed by atoms with E-state index in [0.29, 0.717) is 25.2 Å². The van der Waals surface area contributed by atoms with Gasteiger partial charge in [0.15, 0.2) is 0 Å². The number of nitrogens with zero attached hydrogens (tertiary/aromatic N) is 1. The molecule has 2 aromatic rings. The van der Waals surface area contributed by atoms with Crippen molar-refractivity contribution < 1.29 is 17.6 Å². The van der Waals surface area contributed by atoms with E-state index in [-0.39, 0.29) is 10.8 Å². The van der Waals surface area contributed by atoms with Gasteiger partial charge < -0.3 is 9.73 Å². The van der Waals surface area contributed by atoms with Gasteiger partial charge in [0.1, 0.15) is 5.76 Å². The molecule has 0 aliphatic heterocycles. The molecule has 1 amide bonds. The average Bonchev–Trinajstić information content (AvgIpc) is 3.15. The first-order valence-electron chi connectivity index (χ1n) is 8.47. The fourth-order valence-corrected chi connectivity index (χ4v) is 4.68. The number of amides is 1. The Hall–Kier alpha value is -1.77. The lowest BCUT2D eigenvalue weighted by atomic mass is 10.2. The molecular formula is C18H24N2O4S2. The number of sulfonamides is 1. The van der Waals surface area contributed by atoms with Crippen LogP contribution in [-0.4, -0.2) is 44.0 Å². The third-order valence-electron chi connectivity index (χ3n) is 3.80. The summed E-state index contributed by atoms with van der Waals surface area (Å²) in [5, 5.41) is 2.82. The molecule has 0 atom stereocenters. The van der Waals surface area contributed by atoms with Crippen LogP contribution in [0.4, 0.5) is 0 Å². The van der Waals surface area contributed by atoms with Crippen molar-refractivity contribution in [2.24, 2.45) is 0 Å². The highest BCUT2D eigenvalue weighted by molar-refractivity contribution is 7.98. The molecule has 0 unspecified atom stereocenters. The predicted molar refractivity (Wildman–Crippen MR) is 104 cm³/mol. The Morgan fingerprint density at radius 2 is 1.96 bits per heavy atom. The first-order chi connectivity index (χ1) is 12.5. The van der Waals surface area contributed by atoms with Crippen LogP contribution < -0.4 is 5.32 Å². The summed E-state index contributed by atoms with van der Waals surface area (Å²) < 4.78 is 31.7. The molecule has 1 heterocycles. The van der Waals surface area contributed by atoms with Crippen molar-refractivity contribution in [3.05, 3.63) is 54.0 Å². The maximum absolute atomic E-state index is 12.6. The molecule has 1 aromatic heterocycles. The van der Waals surface area contributed by atoms with Gasteiger partial charge in [-0.05, 0) is 30.3 Å². The number of benzene rings is 1. The lowest BCUT2D eigenvalue weighted by Crippen LogP contribution is -2.31. The summed E-state index contributed by atoms with van der Waals surface area (Å²) in [4.78, 5) is 12.4. The summed E-state index contributed by atoms with van der Waals surface area (Å²) in [6, 6.07) is 9.91. The van der Waals surface area contributed by atoms with Crippen LogP contribution in [-0.2, 0) is 15.8 Å². The van der Waals surface area contributed by atoms with E-state index in [1.807, 2.05) is 12.1 Å². The molecule has 1 aromatic carbocycles. The van der Waals surface area contributed by atoms with Crippen LogP contribution in [0.1, 0.15) is 30.0 Å². The van der Waals surface area contributed by atoms with E-state index < -0.39 is 10.0 Å². The standard InChI is InChI=1S/C18H24N2O4S2/c1-3-20(4-2)26(22,23)17-9-5-7-15(13-17)18(21)19-10-12-25-14-16-8-6-11-24-16/h5-9,11,13H,3-4,10,12,14H2,1-2H3,(H,19,21). The fourth-order valence-electron chi connectivity index (χ4n) is 2.42. The summed E-state index contributed by atoms with van der Waals surface area (Å²) in [5.41, 5.74) is 0.342. The Labute approximate surface area is 159 Å². The zero-order valence-electron chi connectivity index (χ0n) is 15.0. The molecule has 0 bridgehead atoms. The Morgan fingerprint density at radius 1 is 1.19 bits per heavy atom. The van der Waals surface area contributed by atoms with Crippen LogP contribution in [0, 0.1) is 0 Å². The SMILES string of the molecule is CCN(CC)S(=O)(=O)c1cccc(C(=O)NCCSCc2ccco2)c1. The Balaban J connectivity index is 1.91. The quantitative estimate of drug-likeness (QED) is 0.625. The molecule has 26 heavy (non-hydrogen) atoms. The van der Waals surface area contributed by atoms with Crippen molar-refractivity contribution in [1.29, 1.82) is 0 Å². The lowest BCUT2D eigenvalue weighted by Gasteiger charge is -2.18. The molecule has 0 saturated heterocycles. The minimum atomic E-state index is -3.57.